The van der Waals surface area contributed by atoms with E-state index in [2.05, 4.69) is 25.1 Å². The number of fused-ring (bicyclic) bond motifs is 1. The molecule has 0 spiro atoms. The number of ketones is 1. The molecule has 2 aliphatic rings. The van der Waals surface area contributed by atoms with Gasteiger partial charge in [-0.2, -0.15) is 13.5 Å². The van der Waals surface area contributed by atoms with E-state index in [1.54, 1.807) is 57.9 Å². The maximum absolute atomic E-state index is 14.3. The number of aliphatic imine (C=N–C) groups is 1. The van der Waals surface area contributed by atoms with Crippen LogP contribution in [0.4, 0.5) is 14.7 Å². The van der Waals surface area contributed by atoms with Crippen molar-refractivity contribution in [3.63, 3.8) is 0 Å². The van der Waals surface area contributed by atoms with Crippen LogP contribution in [0.1, 0.15) is 95.3 Å². The van der Waals surface area contributed by atoms with Crippen molar-refractivity contribution in [2.24, 2.45) is 16.1 Å². The molecule has 0 unspecified atom stereocenters. The summed E-state index contributed by atoms with van der Waals surface area (Å²) in [6.07, 6.45) is -1.54. The quantitative estimate of drug-likeness (QED) is 0.0160. The molecule has 73 heavy (non-hydrogen) atoms. The van der Waals surface area contributed by atoms with Crippen molar-refractivity contribution in [2.45, 2.75) is 97.1 Å². The van der Waals surface area contributed by atoms with Crippen LogP contribution in [0.2, 0.25) is 0 Å². The molecule has 0 saturated carbocycles. The molecule has 3 heterocycles. The van der Waals surface area contributed by atoms with E-state index in [1.165, 1.54) is 25.2 Å². The average molecular weight is 1040 g/mol. The van der Waals surface area contributed by atoms with Gasteiger partial charge in [0.15, 0.2) is 23.2 Å². The lowest BCUT2D eigenvalue weighted by molar-refractivity contribution is -0.228. The lowest BCUT2D eigenvalue weighted by Crippen LogP contribution is -2.68. The van der Waals surface area contributed by atoms with Crippen molar-refractivity contribution in [2.75, 3.05) is 25.1 Å². The van der Waals surface area contributed by atoms with Gasteiger partial charge in [0.25, 0.3) is 5.91 Å². The lowest BCUT2D eigenvalue weighted by Gasteiger charge is -2.50. The Hall–Kier alpha value is -7.20. The molecule has 1 saturated heterocycles. The number of anilines is 1. The zero-order valence-corrected chi connectivity index (χ0v) is 43.4. The number of amides is 3. The monoisotopic (exact) mass is 1040 g/mol. The van der Waals surface area contributed by atoms with Gasteiger partial charge in [-0.25, -0.2) is 14.6 Å². The van der Waals surface area contributed by atoms with Crippen LogP contribution in [0.15, 0.2) is 125 Å². The number of hydroxylamine groups is 2. The number of hydrogen-bond acceptors (Lipinski definition) is 15. The number of carbonyl (C=O) groups excluding carboxylic acids is 4. The SMILES string of the molecule is CC(C)(C)OC(=O)N=C(NC(=O)OC(C)(C)C)N1CCc2ccc(OCCO/N=C(\C(=O)C[C@@H]3C(=O)N(OS(=O)(=O)O)C3(C)C)c3csc(NC(c4ccccc4)(c4ccccc4)c4ccccc4)n3)cc2C1. The molecular weight excluding hydrogens is 979 g/mol. The maximum Gasteiger partial charge on any atom is 0.437 e. The first kappa shape index (κ1) is 53.6. The number of benzene rings is 4. The first-order chi connectivity index (χ1) is 34.4. The summed E-state index contributed by atoms with van der Waals surface area (Å²) in [4.78, 5) is 69.6. The number of hydrogen-bond donors (Lipinski definition) is 3. The Kier molecular flexibility index (Phi) is 16.1. The smallest absolute Gasteiger partial charge is 0.437 e. The van der Waals surface area contributed by atoms with Crippen molar-refractivity contribution >= 4 is 62.4 Å². The molecule has 0 bridgehead atoms. The van der Waals surface area contributed by atoms with Crippen molar-refractivity contribution in [1.82, 2.24) is 20.3 Å². The highest BCUT2D eigenvalue weighted by atomic mass is 32.3. The number of thiazole rings is 1. The molecule has 3 N–H and O–H groups in total. The molecule has 386 valence electrons. The number of carbonyl (C=O) groups is 4. The molecule has 0 radical (unpaired) electrons. The number of β-lactam (4-membered cyclic amide) rings is 1. The van der Waals surface area contributed by atoms with Crippen LogP contribution in [0.3, 0.4) is 0 Å². The van der Waals surface area contributed by atoms with Gasteiger partial charge in [0.05, 0.1) is 11.5 Å². The van der Waals surface area contributed by atoms with Crippen LogP contribution in [0.25, 0.3) is 0 Å². The Morgan fingerprint density at radius 2 is 1.42 bits per heavy atom. The Balaban J connectivity index is 1.11. The Morgan fingerprint density at radius 3 is 1.97 bits per heavy atom. The molecule has 19 nitrogen and oxygen atoms in total. The zero-order valence-electron chi connectivity index (χ0n) is 41.8. The number of rotatable bonds is 16. The molecule has 5 aromatic rings. The summed E-state index contributed by atoms with van der Waals surface area (Å²) in [5.41, 5.74) is 0.672. The van der Waals surface area contributed by atoms with Crippen molar-refractivity contribution in [3.8, 4) is 5.75 Å². The molecule has 1 aromatic heterocycles. The summed E-state index contributed by atoms with van der Waals surface area (Å²) in [5, 5.41) is 13.2. The second-order valence-corrected chi connectivity index (χ2v) is 21.6. The van der Waals surface area contributed by atoms with Crippen molar-refractivity contribution < 1.29 is 55.5 Å². The highest BCUT2D eigenvalue weighted by molar-refractivity contribution is 7.80. The largest absolute Gasteiger partial charge is 0.490 e. The minimum absolute atomic E-state index is 0.0211. The lowest BCUT2D eigenvalue weighted by atomic mass is 9.74. The van der Waals surface area contributed by atoms with E-state index >= 15 is 0 Å². The number of ether oxygens (including phenoxy) is 3. The second-order valence-electron chi connectivity index (χ2n) is 19.7. The van der Waals surface area contributed by atoms with Gasteiger partial charge < -0.3 is 29.3 Å². The van der Waals surface area contributed by atoms with Crippen molar-refractivity contribution in [1.29, 1.82) is 0 Å². The van der Waals surface area contributed by atoms with Gasteiger partial charge in [-0.05, 0) is 102 Å². The minimum Gasteiger partial charge on any atom is -0.490 e. The molecule has 3 amide bonds. The molecule has 7 rings (SSSR count). The van der Waals surface area contributed by atoms with E-state index in [4.69, 9.17) is 24.0 Å². The van der Waals surface area contributed by atoms with E-state index in [-0.39, 0.29) is 37.1 Å². The number of nitrogens with zero attached hydrogens (tertiary/aromatic N) is 5. The standard InChI is InChI=1S/C52H59N7O12S2/c1-49(2,3)69-47(62)54-45(55-48(63)70-50(4,5)6)58-27-26-34-24-25-39(30-35(34)32-58)67-28-29-68-57-43(42(60)31-40-44(61)59(51(40,7)8)71-73(64,65)66)41-33-72-46(53-41)56-52(36-18-12-9-13-19-36,37-20-14-10-15-21-37)38-22-16-11-17-23-38/h9-25,30,33,40H,26-29,31-32H2,1-8H3,(H,53,56)(H,64,65,66)(H,54,55,62,63)/b57-43-/t40-/m1/s1. The summed E-state index contributed by atoms with van der Waals surface area (Å²) < 4.78 is 53.8. The van der Waals surface area contributed by atoms with Crippen LogP contribution >= 0.6 is 11.3 Å². The van der Waals surface area contributed by atoms with Crippen LogP contribution in [-0.4, -0.2) is 100.0 Å². The number of guanidine groups is 1. The van der Waals surface area contributed by atoms with Gasteiger partial charge in [-0.3, -0.25) is 19.5 Å². The fraction of sp³-hybridized carbons (Fsp3) is 0.365. The molecule has 2 aliphatic heterocycles. The third kappa shape index (κ3) is 13.5. The normalized spacial score (nSPS) is 16.2. The minimum atomic E-state index is -5.03. The molecule has 1 atom stereocenters. The Bertz CT molecular complexity index is 2880. The van der Waals surface area contributed by atoms with E-state index < -0.39 is 68.9 Å². The highest BCUT2D eigenvalue weighted by Crippen LogP contribution is 2.42. The number of Topliss-reactive ketones (excluding diaryl/α,β-unsaturated/α-hetero) is 1. The van der Waals surface area contributed by atoms with Gasteiger partial charge in [-0.15, -0.1) is 20.6 Å². The summed E-state index contributed by atoms with van der Waals surface area (Å²) in [5.74, 6) is -2.07. The zero-order chi connectivity index (χ0) is 52.8. The number of oxime groups is 1. The van der Waals surface area contributed by atoms with Gasteiger partial charge in [0, 0.05) is 24.9 Å². The summed E-state index contributed by atoms with van der Waals surface area (Å²) in [6.45, 7) is 13.8. The first-order valence-corrected chi connectivity index (χ1v) is 25.6. The molecular formula is C52H59N7O12S2. The number of alkyl carbamates (subject to hydrolysis) is 1. The maximum atomic E-state index is 14.3. The predicted octanol–water partition coefficient (Wildman–Crippen LogP) is 8.45. The summed E-state index contributed by atoms with van der Waals surface area (Å²) in [7, 11) is -5.03. The predicted molar refractivity (Wildman–Crippen MR) is 273 cm³/mol. The first-order valence-electron chi connectivity index (χ1n) is 23.4. The summed E-state index contributed by atoms with van der Waals surface area (Å²) in [6, 6.07) is 35.2. The van der Waals surface area contributed by atoms with Gasteiger partial charge in [0.1, 0.15) is 34.8 Å². The highest BCUT2D eigenvalue weighted by Gasteiger charge is 2.57. The van der Waals surface area contributed by atoms with E-state index in [9.17, 15) is 32.1 Å². The second kappa shape index (κ2) is 21.9. The third-order valence-electron chi connectivity index (χ3n) is 11.7. The Morgan fingerprint density at radius 1 is 0.836 bits per heavy atom. The van der Waals surface area contributed by atoms with E-state index in [1.807, 2.05) is 103 Å². The molecule has 0 aliphatic carbocycles. The topological polar surface area (TPSA) is 237 Å². The Labute approximate surface area is 428 Å². The number of aromatic nitrogens is 1. The van der Waals surface area contributed by atoms with Gasteiger partial charge in [0.2, 0.25) is 5.96 Å². The summed E-state index contributed by atoms with van der Waals surface area (Å²) >= 11 is 1.23. The van der Waals surface area contributed by atoms with E-state index in [0.717, 1.165) is 27.8 Å². The number of nitrogens with one attached hydrogen (secondary N) is 2. The fourth-order valence-electron chi connectivity index (χ4n) is 8.33. The van der Waals surface area contributed by atoms with Gasteiger partial charge in [-0.1, -0.05) is 102 Å². The molecule has 1 fully saturated rings. The molecule has 21 heteroatoms. The van der Waals surface area contributed by atoms with Crippen LogP contribution < -0.4 is 15.4 Å². The van der Waals surface area contributed by atoms with Gasteiger partial charge >= 0.3 is 22.6 Å². The average Bonchev–Trinajstić information content (AvgIpc) is 3.79. The fourth-order valence-corrected chi connectivity index (χ4v) is 9.53. The third-order valence-corrected chi connectivity index (χ3v) is 12.7. The van der Waals surface area contributed by atoms with Crippen LogP contribution in [0, 0.1) is 5.92 Å². The van der Waals surface area contributed by atoms with Crippen LogP contribution in [0.5, 0.6) is 5.75 Å². The van der Waals surface area contributed by atoms with E-state index in [0.29, 0.717) is 28.9 Å². The van der Waals surface area contributed by atoms with Crippen LogP contribution in [-0.2, 0) is 57.1 Å². The van der Waals surface area contributed by atoms with Crippen molar-refractivity contribution in [3.05, 3.63) is 148 Å². The molecule has 4 aromatic carbocycles.